The fourth-order valence-corrected chi connectivity index (χ4v) is 9.33. The Morgan fingerprint density at radius 2 is 1.74 bits per heavy atom. The number of hydrogen-bond donors (Lipinski definition) is 0. The average Bonchev–Trinajstić information content (AvgIpc) is 3.09. The maximum atomic E-state index is 2.59. The standard InChI is InChI=1S/C18H24Si/c1-15(2)16-10-11-18(14-16)19(12-6-7-13-19)17-8-4-3-5-9-17/h3-5,8-11,14-15,18H,6-7,12-13H2,1-2H3. The van der Waals surface area contributed by atoms with Crippen molar-refractivity contribution in [3.05, 3.63) is 54.1 Å². The van der Waals surface area contributed by atoms with Crippen molar-refractivity contribution in [1.29, 1.82) is 0 Å². The highest BCUT2D eigenvalue weighted by molar-refractivity contribution is 6.94. The number of allylic oxidation sites excluding steroid dienone is 4. The Labute approximate surface area is 118 Å². The molecule has 0 spiro atoms. The van der Waals surface area contributed by atoms with Gasteiger partial charge in [-0.2, -0.15) is 0 Å². The van der Waals surface area contributed by atoms with Crippen LogP contribution in [-0.4, -0.2) is 8.07 Å². The highest BCUT2D eigenvalue weighted by atomic mass is 28.3. The molecule has 1 aromatic carbocycles. The monoisotopic (exact) mass is 268 g/mol. The molecule has 19 heavy (non-hydrogen) atoms. The van der Waals surface area contributed by atoms with Crippen molar-refractivity contribution in [3.63, 3.8) is 0 Å². The Bertz CT molecular complexity index is 490. The molecule has 0 aromatic heterocycles. The van der Waals surface area contributed by atoms with Gasteiger partial charge in [-0.05, 0) is 17.0 Å². The van der Waals surface area contributed by atoms with E-state index in [4.69, 9.17) is 0 Å². The van der Waals surface area contributed by atoms with E-state index in [1.54, 1.807) is 10.8 Å². The van der Waals surface area contributed by atoms with Crippen molar-refractivity contribution in [2.24, 2.45) is 5.92 Å². The van der Waals surface area contributed by atoms with Crippen LogP contribution in [0.25, 0.3) is 0 Å². The van der Waals surface area contributed by atoms with E-state index in [0.717, 1.165) is 5.54 Å². The first-order chi connectivity index (χ1) is 9.22. The minimum absolute atomic E-state index is 0.671. The van der Waals surface area contributed by atoms with E-state index in [1.807, 2.05) is 0 Å². The summed E-state index contributed by atoms with van der Waals surface area (Å²) in [5.41, 5.74) is 2.30. The minimum atomic E-state index is -1.33. The molecule has 1 atom stereocenters. The summed E-state index contributed by atoms with van der Waals surface area (Å²) in [5.74, 6) is 0.671. The highest BCUT2D eigenvalue weighted by Crippen LogP contribution is 2.43. The van der Waals surface area contributed by atoms with E-state index in [1.165, 1.54) is 24.9 Å². The predicted octanol–water partition coefficient (Wildman–Crippen LogP) is 4.66. The Morgan fingerprint density at radius 1 is 1.05 bits per heavy atom. The van der Waals surface area contributed by atoms with Gasteiger partial charge in [-0.15, -0.1) is 0 Å². The molecule has 0 bridgehead atoms. The van der Waals surface area contributed by atoms with E-state index in [-0.39, 0.29) is 0 Å². The largest absolute Gasteiger partial charge is 0.0971 e. The van der Waals surface area contributed by atoms with Gasteiger partial charge in [0.25, 0.3) is 0 Å². The smallest absolute Gasteiger partial charge is 0.0797 e. The van der Waals surface area contributed by atoms with Crippen molar-refractivity contribution in [3.8, 4) is 0 Å². The van der Waals surface area contributed by atoms with Gasteiger partial charge >= 0.3 is 0 Å². The van der Waals surface area contributed by atoms with Crippen LogP contribution in [0.2, 0.25) is 17.6 Å². The summed E-state index contributed by atoms with van der Waals surface area (Å²) in [6.07, 6.45) is 10.4. The summed E-state index contributed by atoms with van der Waals surface area (Å²) < 4.78 is 0. The summed E-state index contributed by atoms with van der Waals surface area (Å²) >= 11 is 0. The molecule has 0 saturated carbocycles. The lowest BCUT2D eigenvalue weighted by atomic mass is 10.1. The molecule has 1 saturated heterocycles. The molecule has 1 unspecified atom stereocenters. The van der Waals surface area contributed by atoms with Gasteiger partial charge in [-0.3, -0.25) is 0 Å². The second kappa shape index (κ2) is 5.13. The molecule has 1 heteroatoms. The van der Waals surface area contributed by atoms with Crippen LogP contribution >= 0.6 is 0 Å². The molecule has 0 N–H and O–H groups in total. The minimum Gasteiger partial charge on any atom is -0.0797 e. The van der Waals surface area contributed by atoms with Crippen LogP contribution in [0.15, 0.2) is 54.1 Å². The lowest BCUT2D eigenvalue weighted by Crippen LogP contribution is -2.47. The molecule has 100 valence electrons. The predicted molar refractivity (Wildman–Crippen MR) is 86.5 cm³/mol. The molecule has 3 rings (SSSR count). The first-order valence-corrected chi connectivity index (χ1v) is 10.2. The third-order valence-electron chi connectivity index (χ3n) is 5.02. The van der Waals surface area contributed by atoms with Gasteiger partial charge in [0.15, 0.2) is 0 Å². The van der Waals surface area contributed by atoms with Crippen LogP contribution in [0.3, 0.4) is 0 Å². The van der Waals surface area contributed by atoms with Gasteiger partial charge in [0, 0.05) is 0 Å². The molecule has 1 heterocycles. The molecular formula is C18H24Si. The Kier molecular flexibility index (Phi) is 3.49. The molecule has 1 aliphatic carbocycles. The molecule has 0 amide bonds. The SMILES string of the molecule is CC(C)C1=CC([Si]2(c3ccccc3)CCCC2)C=C1. The van der Waals surface area contributed by atoms with E-state index in [2.05, 4.69) is 62.4 Å². The van der Waals surface area contributed by atoms with Gasteiger partial charge in [0.05, 0.1) is 8.07 Å². The zero-order valence-electron chi connectivity index (χ0n) is 12.1. The third-order valence-corrected chi connectivity index (χ3v) is 10.6. The van der Waals surface area contributed by atoms with Crippen LogP contribution < -0.4 is 5.19 Å². The van der Waals surface area contributed by atoms with Crippen LogP contribution in [0.4, 0.5) is 0 Å². The molecule has 2 aliphatic rings. The second-order valence-corrected chi connectivity index (χ2v) is 11.0. The highest BCUT2D eigenvalue weighted by Gasteiger charge is 2.43. The fourth-order valence-electron chi connectivity index (χ4n) is 3.85. The molecule has 1 fully saturated rings. The third kappa shape index (κ3) is 2.25. The Hall–Kier alpha value is -1.08. The fraction of sp³-hybridized carbons (Fsp3) is 0.444. The summed E-state index contributed by atoms with van der Waals surface area (Å²) in [7, 11) is -1.33. The topological polar surface area (TPSA) is 0 Å². The van der Waals surface area contributed by atoms with E-state index in [9.17, 15) is 0 Å². The zero-order valence-corrected chi connectivity index (χ0v) is 13.1. The van der Waals surface area contributed by atoms with Gasteiger partial charge in [-0.1, -0.05) is 92.5 Å². The Morgan fingerprint density at radius 3 is 2.32 bits per heavy atom. The van der Waals surface area contributed by atoms with E-state index < -0.39 is 8.07 Å². The first-order valence-electron chi connectivity index (χ1n) is 7.68. The van der Waals surface area contributed by atoms with Crippen molar-refractivity contribution in [2.75, 3.05) is 0 Å². The quantitative estimate of drug-likeness (QED) is 0.700. The summed E-state index contributed by atoms with van der Waals surface area (Å²) in [6, 6.07) is 14.4. The number of rotatable bonds is 3. The van der Waals surface area contributed by atoms with Gasteiger partial charge < -0.3 is 0 Å². The average molecular weight is 268 g/mol. The van der Waals surface area contributed by atoms with Gasteiger partial charge in [-0.25, -0.2) is 0 Å². The normalized spacial score (nSPS) is 25.0. The summed E-state index contributed by atoms with van der Waals surface area (Å²) in [4.78, 5) is 0. The van der Waals surface area contributed by atoms with E-state index in [0.29, 0.717) is 5.92 Å². The lowest BCUT2D eigenvalue weighted by molar-refractivity contribution is 0.792. The molecular weight excluding hydrogens is 244 g/mol. The molecule has 0 nitrogen and oxygen atoms in total. The van der Waals surface area contributed by atoms with Gasteiger partial charge in [0.1, 0.15) is 0 Å². The molecule has 0 radical (unpaired) electrons. The van der Waals surface area contributed by atoms with Crippen LogP contribution in [-0.2, 0) is 0 Å². The van der Waals surface area contributed by atoms with Crippen molar-refractivity contribution < 1.29 is 0 Å². The summed E-state index contributed by atoms with van der Waals surface area (Å²) in [6.45, 7) is 4.62. The number of benzene rings is 1. The van der Waals surface area contributed by atoms with Crippen molar-refractivity contribution in [1.82, 2.24) is 0 Å². The number of hydrogen-bond acceptors (Lipinski definition) is 0. The van der Waals surface area contributed by atoms with Crippen LogP contribution in [0.1, 0.15) is 26.7 Å². The van der Waals surface area contributed by atoms with E-state index >= 15 is 0 Å². The first kappa shape index (κ1) is 12.9. The van der Waals surface area contributed by atoms with Crippen molar-refractivity contribution in [2.45, 2.75) is 44.3 Å². The van der Waals surface area contributed by atoms with Gasteiger partial charge in [0.2, 0.25) is 0 Å². The second-order valence-electron chi connectivity index (χ2n) is 6.44. The van der Waals surface area contributed by atoms with Crippen LogP contribution in [0, 0.1) is 5.92 Å². The lowest BCUT2D eigenvalue weighted by Gasteiger charge is -2.32. The molecule has 1 aromatic rings. The molecule has 1 aliphatic heterocycles. The zero-order chi connectivity index (χ0) is 13.3. The van der Waals surface area contributed by atoms with Crippen LogP contribution in [0.5, 0.6) is 0 Å². The van der Waals surface area contributed by atoms with Crippen molar-refractivity contribution >= 4 is 13.3 Å². The summed E-state index contributed by atoms with van der Waals surface area (Å²) in [5, 5.41) is 1.68. The maximum absolute atomic E-state index is 2.59. The maximum Gasteiger partial charge on any atom is 0.0971 e. The Balaban J connectivity index is 1.97.